The van der Waals surface area contributed by atoms with E-state index in [1.54, 1.807) is 0 Å². The minimum absolute atomic E-state index is 0.0103. The SMILES string of the molecule is CC(C)CCC[C@@H](C)[C@H]1CC[C@H]2[C@@H]3C[C@@H](O)[C@]45C[C@@H]4CC[C@]5(C)[C@H]3CC[C@]12C.[Cl][Mo]([Cl])([Cl])[Cl]. The van der Waals surface area contributed by atoms with Crippen molar-refractivity contribution >= 4 is 37.7 Å². The molecule has 5 aliphatic carbocycles. The Labute approximate surface area is 222 Å². The summed E-state index contributed by atoms with van der Waals surface area (Å²) < 4.78 is 0. The third-order valence-electron chi connectivity index (χ3n) is 11.8. The van der Waals surface area contributed by atoms with Gasteiger partial charge in [0.15, 0.2) is 0 Å². The third-order valence-corrected chi connectivity index (χ3v) is 11.8. The zero-order chi connectivity index (χ0) is 24.4. The number of rotatable bonds is 5. The predicted octanol–water partition coefficient (Wildman–Crippen LogP) is 9.83. The number of aliphatic hydroxyl groups is 1. The summed E-state index contributed by atoms with van der Waals surface area (Å²) in [7, 11) is 20.1. The second-order valence-corrected chi connectivity index (χ2v) is 31.7. The maximum atomic E-state index is 11.3. The number of hydrogen-bond acceptors (Lipinski definition) is 1. The molecule has 0 saturated heterocycles. The Kier molecular flexibility index (Phi) is 8.30. The van der Waals surface area contributed by atoms with E-state index in [0.29, 0.717) is 16.2 Å². The quantitative estimate of drug-likeness (QED) is 0.302. The molecule has 5 fully saturated rings. The average Bonchev–Trinajstić information content (AvgIpc) is 3.20. The topological polar surface area (TPSA) is 20.2 Å². The van der Waals surface area contributed by atoms with Crippen molar-refractivity contribution in [2.45, 2.75) is 111 Å². The Bertz CT molecular complexity index is 707. The van der Waals surface area contributed by atoms with Crippen LogP contribution in [0.2, 0.25) is 0 Å². The summed E-state index contributed by atoms with van der Waals surface area (Å²) in [6.45, 7) is 12.6. The molecule has 0 bridgehead atoms. The summed E-state index contributed by atoms with van der Waals surface area (Å²) in [5, 5.41) is 11.3. The molecule has 33 heavy (non-hydrogen) atoms. The first-order chi connectivity index (χ1) is 15.2. The van der Waals surface area contributed by atoms with Crippen molar-refractivity contribution in [2.75, 3.05) is 0 Å². The second kappa shape index (κ2) is 9.84. The molecule has 0 heterocycles. The normalized spacial score (nSPS) is 49.3. The molecule has 0 aliphatic heterocycles. The van der Waals surface area contributed by atoms with Crippen LogP contribution in [-0.4, -0.2) is 11.2 Å². The summed E-state index contributed by atoms with van der Waals surface area (Å²) in [6, 6.07) is 0. The second-order valence-electron chi connectivity index (χ2n) is 13.4. The van der Waals surface area contributed by atoms with E-state index >= 15 is 0 Å². The van der Waals surface area contributed by atoms with E-state index < -0.39 is 11.9 Å². The molecular weight excluding hydrogens is 578 g/mol. The zero-order valence-electron chi connectivity index (χ0n) is 21.3. The van der Waals surface area contributed by atoms with Crippen molar-refractivity contribution in [3.8, 4) is 0 Å². The first-order valence-corrected chi connectivity index (χ1v) is 23.9. The molecule has 1 nitrogen and oxygen atoms in total. The van der Waals surface area contributed by atoms with Gasteiger partial charge in [-0.15, -0.1) is 0 Å². The van der Waals surface area contributed by atoms with E-state index in [1.165, 1.54) is 64.2 Å². The number of halogens is 4. The van der Waals surface area contributed by atoms with Crippen LogP contribution in [0.1, 0.15) is 105 Å². The van der Waals surface area contributed by atoms with Crippen LogP contribution in [0.25, 0.3) is 0 Å². The standard InChI is InChI=1S/C27H46O.4ClH.Mo/c1-17(2)7-6-8-18(3)21-9-10-22-20-15-24(28)27-16-19(27)11-14-26(27,5)23(20)12-13-25(21,22)4;;;;;/h17-24,28H,6-16H2,1-5H3;4*1H;/q;;;;;+4/p-4/t18-,19+,20+,21-,22+,23+,24-,25-,26-,27+;;;;;/m1...../s1. The van der Waals surface area contributed by atoms with E-state index in [-0.39, 0.29) is 6.10 Å². The summed E-state index contributed by atoms with van der Waals surface area (Å²) in [6.07, 6.45) is 15.4. The first-order valence-electron chi connectivity index (χ1n) is 13.5. The van der Waals surface area contributed by atoms with Crippen LogP contribution in [0.4, 0.5) is 0 Å². The van der Waals surface area contributed by atoms with Crippen molar-refractivity contribution in [3.05, 3.63) is 0 Å². The van der Waals surface area contributed by atoms with Crippen molar-refractivity contribution in [1.82, 2.24) is 0 Å². The Morgan fingerprint density at radius 2 is 1.58 bits per heavy atom. The monoisotopic (exact) mass is 624 g/mol. The molecule has 0 radical (unpaired) electrons. The fraction of sp³-hybridized carbons (Fsp3) is 1.00. The predicted molar refractivity (Wildman–Crippen MR) is 140 cm³/mol. The van der Waals surface area contributed by atoms with Gasteiger partial charge in [-0.2, -0.15) is 0 Å². The molecule has 0 unspecified atom stereocenters. The van der Waals surface area contributed by atoms with Gasteiger partial charge < -0.3 is 5.11 Å². The van der Waals surface area contributed by atoms with Crippen LogP contribution in [0.15, 0.2) is 0 Å². The van der Waals surface area contributed by atoms with Gasteiger partial charge in [-0.05, 0) is 104 Å². The minimum atomic E-state index is -3.13. The molecule has 0 aromatic rings. The van der Waals surface area contributed by atoms with Crippen LogP contribution in [0.3, 0.4) is 0 Å². The van der Waals surface area contributed by atoms with Crippen LogP contribution in [0, 0.1) is 57.7 Å². The van der Waals surface area contributed by atoms with E-state index in [0.717, 1.165) is 47.8 Å². The molecule has 5 rings (SSSR count). The van der Waals surface area contributed by atoms with E-state index in [9.17, 15) is 5.11 Å². The molecule has 0 aromatic carbocycles. The Hall–Kier alpha value is 1.81. The van der Waals surface area contributed by atoms with Gasteiger partial charge in [-0.25, -0.2) is 0 Å². The summed E-state index contributed by atoms with van der Waals surface area (Å²) >= 11 is -3.13. The molecule has 1 N–H and O–H groups in total. The van der Waals surface area contributed by atoms with Gasteiger partial charge in [-0.3, -0.25) is 0 Å². The van der Waals surface area contributed by atoms with Crippen molar-refractivity contribution in [3.63, 3.8) is 0 Å². The zero-order valence-corrected chi connectivity index (χ0v) is 26.3. The van der Waals surface area contributed by atoms with Crippen LogP contribution in [-0.2, 0) is 11.9 Å². The summed E-state index contributed by atoms with van der Waals surface area (Å²) in [5.41, 5.74) is 1.37. The fourth-order valence-electron chi connectivity index (χ4n) is 10.3. The summed E-state index contributed by atoms with van der Waals surface area (Å²) in [5.74, 6) is 6.17. The molecule has 10 atom stereocenters. The van der Waals surface area contributed by atoms with Crippen LogP contribution < -0.4 is 0 Å². The van der Waals surface area contributed by atoms with Gasteiger partial charge in [0.2, 0.25) is 0 Å². The van der Waals surface area contributed by atoms with Crippen molar-refractivity contribution in [2.24, 2.45) is 57.7 Å². The maximum absolute atomic E-state index is 11.3. The molecule has 5 aliphatic rings. The van der Waals surface area contributed by atoms with Gasteiger partial charge in [0, 0.05) is 5.41 Å². The van der Waals surface area contributed by atoms with Gasteiger partial charge >= 0.3 is 49.6 Å². The number of aliphatic hydroxyl groups excluding tert-OH is 1. The molecule has 0 amide bonds. The first kappa shape index (κ1) is 27.8. The van der Waals surface area contributed by atoms with Gasteiger partial charge in [0.25, 0.3) is 0 Å². The molecule has 0 aromatic heterocycles. The van der Waals surface area contributed by atoms with Gasteiger partial charge in [0.1, 0.15) is 0 Å². The van der Waals surface area contributed by atoms with Gasteiger partial charge in [0.05, 0.1) is 6.10 Å². The molecule has 6 heteroatoms. The third kappa shape index (κ3) is 4.99. The molecular formula is C27H46Cl4MoO. The van der Waals surface area contributed by atoms with Crippen LogP contribution >= 0.6 is 37.7 Å². The van der Waals surface area contributed by atoms with E-state index in [1.807, 2.05) is 0 Å². The molecule has 1 spiro atoms. The Morgan fingerprint density at radius 3 is 2.18 bits per heavy atom. The van der Waals surface area contributed by atoms with Crippen molar-refractivity contribution in [1.29, 1.82) is 0 Å². The fourth-order valence-corrected chi connectivity index (χ4v) is 10.3. The number of fused-ring (bicyclic) bond motifs is 4. The Morgan fingerprint density at radius 1 is 0.909 bits per heavy atom. The average molecular weight is 624 g/mol. The van der Waals surface area contributed by atoms with E-state index in [4.69, 9.17) is 37.7 Å². The van der Waals surface area contributed by atoms with Gasteiger partial charge in [-0.1, -0.05) is 53.9 Å². The molecule has 5 saturated carbocycles. The van der Waals surface area contributed by atoms with Crippen molar-refractivity contribution < 1.29 is 17.0 Å². The molecule has 194 valence electrons. The summed E-state index contributed by atoms with van der Waals surface area (Å²) in [4.78, 5) is 0. The Balaban J connectivity index is 0.000000471. The van der Waals surface area contributed by atoms with Crippen LogP contribution in [0.5, 0.6) is 0 Å². The number of hydrogen-bond donors (Lipinski definition) is 1. The van der Waals surface area contributed by atoms with E-state index in [2.05, 4.69) is 34.6 Å².